The van der Waals surface area contributed by atoms with Gasteiger partial charge in [-0.1, -0.05) is 0 Å². The Morgan fingerprint density at radius 1 is 1.22 bits per heavy atom. The third-order valence-corrected chi connectivity index (χ3v) is 5.83. The predicted octanol–water partition coefficient (Wildman–Crippen LogP) is 3.64. The van der Waals surface area contributed by atoms with Gasteiger partial charge in [0, 0.05) is 22.7 Å². The molecule has 0 bridgehead atoms. The fraction of sp³-hybridized carbons (Fsp3) is 0.316. The minimum Gasteiger partial charge on any atom is -0.497 e. The summed E-state index contributed by atoms with van der Waals surface area (Å²) in [7, 11) is 1.65. The minimum atomic E-state index is -0.0395. The summed E-state index contributed by atoms with van der Waals surface area (Å²) in [6.45, 7) is 4.10. The van der Waals surface area contributed by atoms with Gasteiger partial charge < -0.3 is 10.1 Å². The van der Waals surface area contributed by atoms with Crippen LogP contribution in [0.2, 0.25) is 0 Å². The Balaban J connectivity index is 1.78. The first-order valence-corrected chi connectivity index (χ1v) is 9.80. The van der Waals surface area contributed by atoms with Crippen molar-refractivity contribution in [2.24, 2.45) is 0 Å². The Bertz CT molecular complexity index is 961. The van der Waals surface area contributed by atoms with Gasteiger partial charge in [-0.3, -0.25) is 9.89 Å². The highest BCUT2D eigenvalue weighted by atomic mass is 32.2. The molecule has 0 aliphatic carbocycles. The SMILES string of the molecule is COc1ccc(-c2[nH]ncc2[C@H]2SCC(=O)Nc3c2cnn3C(C)C)cc1. The number of thioether (sulfide) groups is 1. The van der Waals surface area contributed by atoms with Gasteiger partial charge in [-0.05, 0) is 38.1 Å². The second kappa shape index (κ2) is 7.11. The molecule has 7 nitrogen and oxygen atoms in total. The van der Waals surface area contributed by atoms with Gasteiger partial charge in [-0.2, -0.15) is 10.2 Å². The lowest BCUT2D eigenvalue weighted by molar-refractivity contribution is -0.113. The first-order chi connectivity index (χ1) is 13.1. The second-order valence-corrected chi connectivity index (χ2v) is 7.75. The molecule has 1 amide bonds. The fourth-order valence-corrected chi connectivity index (χ4v) is 4.35. The smallest absolute Gasteiger partial charge is 0.235 e. The summed E-state index contributed by atoms with van der Waals surface area (Å²) in [5, 5.41) is 14.9. The molecular formula is C19H21N5O2S. The largest absolute Gasteiger partial charge is 0.497 e. The van der Waals surface area contributed by atoms with Crippen LogP contribution >= 0.6 is 11.8 Å². The van der Waals surface area contributed by atoms with Crippen molar-refractivity contribution in [1.82, 2.24) is 20.0 Å². The number of rotatable bonds is 4. The number of H-pyrrole nitrogens is 1. The van der Waals surface area contributed by atoms with E-state index in [2.05, 4.69) is 20.6 Å². The zero-order chi connectivity index (χ0) is 19.0. The molecule has 2 N–H and O–H groups in total. The maximum Gasteiger partial charge on any atom is 0.235 e. The van der Waals surface area contributed by atoms with E-state index >= 15 is 0 Å². The van der Waals surface area contributed by atoms with E-state index in [-0.39, 0.29) is 17.2 Å². The highest BCUT2D eigenvalue weighted by Gasteiger charge is 2.30. The Kier molecular flexibility index (Phi) is 4.65. The molecule has 2 aromatic heterocycles. The molecule has 8 heteroatoms. The molecule has 1 aliphatic rings. The van der Waals surface area contributed by atoms with Gasteiger partial charge in [-0.15, -0.1) is 11.8 Å². The highest BCUT2D eigenvalue weighted by molar-refractivity contribution is 8.00. The van der Waals surface area contributed by atoms with Gasteiger partial charge in [0.25, 0.3) is 0 Å². The second-order valence-electron chi connectivity index (χ2n) is 6.65. The molecule has 0 unspecified atom stereocenters. The summed E-state index contributed by atoms with van der Waals surface area (Å²) in [5.74, 6) is 1.94. The van der Waals surface area contributed by atoms with Crippen molar-refractivity contribution in [3.05, 3.63) is 47.8 Å². The van der Waals surface area contributed by atoms with Crippen LogP contribution in [0.3, 0.4) is 0 Å². The number of aromatic amines is 1. The molecule has 0 saturated heterocycles. The van der Waals surface area contributed by atoms with Gasteiger partial charge in [0.05, 0.1) is 36.2 Å². The quantitative estimate of drug-likeness (QED) is 0.718. The van der Waals surface area contributed by atoms with Crippen molar-refractivity contribution in [2.75, 3.05) is 18.2 Å². The third kappa shape index (κ3) is 3.21. The fourth-order valence-electron chi connectivity index (χ4n) is 3.25. The number of ether oxygens (including phenoxy) is 1. The minimum absolute atomic E-state index is 0.0133. The Morgan fingerprint density at radius 3 is 2.70 bits per heavy atom. The molecule has 4 rings (SSSR count). The normalized spacial score (nSPS) is 16.7. The zero-order valence-corrected chi connectivity index (χ0v) is 16.2. The summed E-state index contributed by atoms with van der Waals surface area (Å²) in [6, 6.07) is 8.00. The zero-order valence-electron chi connectivity index (χ0n) is 15.4. The molecule has 1 atom stereocenters. The molecule has 3 aromatic rings. The standard InChI is InChI=1S/C19H21N5O2S/c1-11(2)24-19-15(9-21-24)18(27-10-16(25)22-19)14-8-20-23-17(14)12-4-6-13(26-3)7-5-12/h4-9,11,18H,10H2,1-3H3,(H,20,23)(H,22,25)/t18-/m1/s1. The predicted molar refractivity (Wildman–Crippen MR) is 106 cm³/mol. The molecular weight excluding hydrogens is 362 g/mol. The number of methoxy groups -OCH3 is 1. The molecule has 140 valence electrons. The summed E-state index contributed by atoms with van der Waals surface area (Å²) >= 11 is 1.58. The maximum atomic E-state index is 12.2. The number of amides is 1. The van der Waals surface area contributed by atoms with E-state index < -0.39 is 0 Å². The van der Waals surface area contributed by atoms with Gasteiger partial charge >= 0.3 is 0 Å². The molecule has 0 fully saturated rings. The van der Waals surface area contributed by atoms with E-state index in [0.29, 0.717) is 5.75 Å². The first-order valence-electron chi connectivity index (χ1n) is 8.75. The van der Waals surface area contributed by atoms with Crippen molar-refractivity contribution in [3.8, 4) is 17.0 Å². The van der Waals surface area contributed by atoms with Crippen molar-refractivity contribution in [3.63, 3.8) is 0 Å². The summed E-state index contributed by atoms with van der Waals surface area (Å²) in [4.78, 5) is 12.2. The molecule has 0 spiro atoms. The van der Waals surface area contributed by atoms with Crippen LogP contribution in [0.15, 0.2) is 36.7 Å². The topological polar surface area (TPSA) is 84.8 Å². The van der Waals surface area contributed by atoms with Crippen LogP contribution in [0.25, 0.3) is 11.3 Å². The van der Waals surface area contributed by atoms with Gasteiger partial charge in [0.2, 0.25) is 5.91 Å². The lowest BCUT2D eigenvalue weighted by Crippen LogP contribution is -2.17. The number of fused-ring (bicyclic) bond motifs is 1. The Labute approximate surface area is 161 Å². The third-order valence-electron chi connectivity index (χ3n) is 4.56. The Morgan fingerprint density at radius 2 is 2.00 bits per heavy atom. The number of hydrogen-bond donors (Lipinski definition) is 2. The number of aromatic nitrogens is 4. The van der Waals surface area contributed by atoms with Gasteiger partial charge in [-0.25, -0.2) is 4.68 Å². The van der Waals surface area contributed by atoms with Crippen LogP contribution in [0, 0.1) is 0 Å². The van der Waals surface area contributed by atoms with Crippen LogP contribution in [0.5, 0.6) is 5.75 Å². The van der Waals surface area contributed by atoms with Crippen molar-refractivity contribution in [1.29, 1.82) is 0 Å². The lowest BCUT2D eigenvalue weighted by Gasteiger charge is -2.15. The van der Waals surface area contributed by atoms with E-state index in [1.807, 2.05) is 55.2 Å². The number of carbonyl (C=O) groups is 1. The number of nitrogens with one attached hydrogen (secondary N) is 2. The average Bonchev–Trinajstić information content (AvgIpc) is 3.27. The summed E-state index contributed by atoms with van der Waals surface area (Å²) in [6.07, 6.45) is 3.69. The number of carbonyl (C=O) groups excluding carboxylic acids is 1. The van der Waals surface area contributed by atoms with E-state index in [1.54, 1.807) is 18.9 Å². The average molecular weight is 383 g/mol. The van der Waals surface area contributed by atoms with E-state index in [4.69, 9.17) is 4.74 Å². The lowest BCUT2D eigenvalue weighted by atomic mass is 10.0. The molecule has 27 heavy (non-hydrogen) atoms. The van der Waals surface area contributed by atoms with E-state index in [1.165, 1.54) is 0 Å². The molecule has 1 aliphatic heterocycles. The first kappa shape index (κ1) is 17.7. The number of benzene rings is 1. The highest BCUT2D eigenvalue weighted by Crippen LogP contribution is 2.44. The van der Waals surface area contributed by atoms with Crippen LogP contribution in [0.4, 0.5) is 5.82 Å². The van der Waals surface area contributed by atoms with Crippen molar-refractivity contribution in [2.45, 2.75) is 25.1 Å². The number of hydrogen-bond acceptors (Lipinski definition) is 5. The van der Waals surface area contributed by atoms with Crippen molar-refractivity contribution >= 4 is 23.5 Å². The van der Waals surface area contributed by atoms with E-state index in [0.717, 1.165) is 34.0 Å². The van der Waals surface area contributed by atoms with Gasteiger partial charge in [0.15, 0.2) is 0 Å². The van der Waals surface area contributed by atoms with Crippen molar-refractivity contribution < 1.29 is 9.53 Å². The Hall–Kier alpha value is -2.74. The molecule has 3 heterocycles. The van der Waals surface area contributed by atoms with Crippen LogP contribution in [0.1, 0.15) is 36.3 Å². The van der Waals surface area contributed by atoms with Crippen LogP contribution < -0.4 is 10.1 Å². The molecule has 0 radical (unpaired) electrons. The van der Waals surface area contributed by atoms with Crippen LogP contribution in [-0.2, 0) is 4.79 Å². The van der Waals surface area contributed by atoms with Crippen LogP contribution in [-0.4, -0.2) is 38.7 Å². The molecule has 1 aromatic carbocycles. The molecule has 0 saturated carbocycles. The monoisotopic (exact) mass is 383 g/mol. The summed E-state index contributed by atoms with van der Waals surface area (Å²) in [5.41, 5.74) is 3.99. The van der Waals surface area contributed by atoms with Gasteiger partial charge in [0.1, 0.15) is 11.6 Å². The number of nitrogens with zero attached hydrogens (tertiary/aromatic N) is 3. The van der Waals surface area contributed by atoms with E-state index in [9.17, 15) is 4.79 Å². The summed E-state index contributed by atoms with van der Waals surface area (Å²) < 4.78 is 7.11. The number of anilines is 1. The maximum absolute atomic E-state index is 12.2.